The molecule has 0 aliphatic heterocycles. The predicted molar refractivity (Wildman–Crippen MR) is 80.2 cm³/mol. The van der Waals surface area contributed by atoms with Crippen LogP contribution < -0.4 is 14.8 Å². The maximum atomic E-state index is 12.2. The van der Waals surface area contributed by atoms with Gasteiger partial charge in [-0.05, 0) is 31.9 Å². The van der Waals surface area contributed by atoms with Crippen molar-refractivity contribution in [1.82, 2.24) is 5.32 Å². The topological polar surface area (TPSA) is 47.6 Å². The maximum Gasteiger partial charge on any atom is 0.261 e. The van der Waals surface area contributed by atoms with Crippen molar-refractivity contribution in [3.05, 3.63) is 24.3 Å². The Labute approximate surface area is 121 Å². The molecule has 0 saturated heterocycles. The molecule has 1 aromatic rings. The van der Waals surface area contributed by atoms with Gasteiger partial charge >= 0.3 is 0 Å². The lowest BCUT2D eigenvalue weighted by Crippen LogP contribution is -2.42. The Morgan fingerprint density at radius 2 is 2.00 bits per heavy atom. The lowest BCUT2D eigenvalue weighted by atomic mass is 10.1. The number of amides is 1. The van der Waals surface area contributed by atoms with Gasteiger partial charge in [0.15, 0.2) is 6.10 Å². The molecule has 4 nitrogen and oxygen atoms in total. The van der Waals surface area contributed by atoms with Crippen LogP contribution in [0.15, 0.2) is 24.3 Å². The van der Waals surface area contributed by atoms with Crippen molar-refractivity contribution in [1.29, 1.82) is 0 Å². The van der Waals surface area contributed by atoms with Crippen molar-refractivity contribution in [2.75, 3.05) is 7.11 Å². The van der Waals surface area contributed by atoms with Crippen LogP contribution in [-0.4, -0.2) is 25.2 Å². The summed E-state index contributed by atoms with van der Waals surface area (Å²) in [5.41, 5.74) is 0. The summed E-state index contributed by atoms with van der Waals surface area (Å²) in [7, 11) is 1.61. The Bertz CT molecular complexity index is 420. The van der Waals surface area contributed by atoms with Gasteiger partial charge < -0.3 is 14.8 Å². The van der Waals surface area contributed by atoms with E-state index in [2.05, 4.69) is 12.2 Å². The van der Waals surface area contributed by atoms with Crippen LogP contribution in [0.5, 0.6) is 11.5 Å². The molecular formula is C16H25NO3. The second-order valence-corrected chi connectivity index (χ2v) is 4.89. The Balaban J connectivity index is 2.63. The fraction of sp³-hybridized carbons (Fsp3) is 0.562. The van der Waals surface area contributed by atoms with E-state index in [0.717, 1.165) is 18.6 Å². The molecule has 0 saturated carbocycles. The van der Waals surface area contributed by atoms with Gasteiger partial charge in [-0.2, -0.15) is 0 Å². The number of carbonyl (C=O) groups excluding carboxylic acids is 1. The van der Waals surface area contributed by atoms with E-state index < -0.39 is 6.10 Å². The van der Waals surface area contributed by atoms with E-state index in [4.69, 9.17) is 9.47 Å². The number of rotatable bonds is 8. The Kier molecular flexibility index (Phi) is 6.91. The van der Waals surface area contributed by atoms with Crippen molar-refractivity contribution in [2.24, 2.45) is 0 Å². The summed E-state index contributed by atoms with van der Waals surface area (Å²) in [5, 5.41) is 2.99. The highest BCUT2D eigenvalue weighted by atomic mass is 16.5. The number of methoxy groups -OCH3 is 1. The first-order valence-corrected chi connectivity index (χ1v) is 7.21. The summed E-state index contributed by atoms with van der Waals surface area (Å²) in [6.45, 7) is 6.06. The molecule has 0 spiro atoms. The highest BCUT2D eigenvalue weighted by Gasteiger charge is 2.19. The molecule has 1 aromatic carbocycles. The molecular weight excluding hydrogens is 254 g/mol. The largest absolute Gasteiger partial charge is 0.497 e. The number of benzene rings is 1. The van der Waals surface area contributed by atoms with Crippen molar-refractivity contribution in [2.45, 2.75) is 52.2 Å². The third kappa shape index (κ3) is 5.11. The van der Waals surface area contributed by atoms with Crippen LogP contribution in [0.25, 0.3) is 0 Å². The number of hydrogen-bond donors (Lipinski definition) is 1. The first-order valence-electron chi connectivity index (χ1n) is 7.21. The van der Waals surface area contributed by atoms with E-state index in [1.165, 1.54) is 0 Å². The highest BCUT2D eigenvalue weighted by molar-refractivity contribution is 5.81. The van der Waals surface area contributed by atoms with E-state index in [9.17, 15) is 4.79 Å². The highest BCUT2D eigenvalue weighted by Crippen LogP contribution is 2.20. The molecule has 112 valence electrons. The molecule has 0 aliphatic rings. The van der Waals surface area contributed by atoms with Gasteiger partial charge in [0, 0.05) is 12.1 Å². The van der Waals surface area contributed by atoms with Crippen LogP contribution in [0.2, 0.25) is 0 Å². The summed E-state index contributed by atoms with van der Waals surface area (Å²) in [6, 6.07) is 7.48. The van der Waals surface area contributed by atoms with Crippen LogP contribution in [-0.2, 0) is 4.79 Å². The normalized spacial score (nSPS) is 13.4. The molecule has 1 rings (SSSR count). The summed E-state index contributed by atoms with van der Waals surface area (Å²) in [5.74, 6) is 1.31. The minimum atomic E-state index is -0.471. The van der Waals surface area contributed by atoms with Crippen molar-refractivity contribution in [3.8, 4) is 11.5 Å². The monoisotopic (exact) mass is 279 g/mol. The second kappa shape index (κ2) is 8.46. The standard InChI is InChI=1S/C16H25NO3/c1-5-8-12(3)17-16(18)15(6-2)20-14-10-7-9-13(11-14)19-4/h7,9-12,15H,5-6,8H2,1-4H3,(H,17,18)/t12-,15+/m1/s1. The third-order valence-electron chi connectivity index (χ3n) is 3.09. The van der Waals surface area contributed by atoms with Crippen LogP contribution in [0.3, 0.4) is 0 Å². The number of hydrogen-bond acceptors (Lipinski definition) is 3. The van der Waals surface area contributed by atoms with Gasteiger partial charge in [-0.15, -0.1) is 0 Å². The zero-order chi connectivity index (χ0) is 15.0. The minimum absolute atomic E-state index is 0.0590. The first kappa shape index (κ1) is 16.3. The van der Waals surface area contributed by atoms with Crippen molar-refractivity contribution < 1.29 is 14.3 Å². The van der Waals surface area contributed by atoms with Crippen LogP contribution in [0, 0.1) is 0 Å². The average molecular weight is 279 g/mol. The van der Waals surface area contributed by atoms with E-state index >= 15 is 0 Å². The molecule has 2 atom stereocenters. The van der Waals surface area contributed by atoms with Crippen LogP contribution in [0.4, 0.5) is 0 Å². The lowest BCUT2D eigenvalue weighted by Gasteiger charge is -2.20. The second-order valence-electron chi connectivity index (χ2n) is 4.89. The number of nitrogens with one attached hydrogen (secondary N) is 1. The molecule has 0 aliphatic carbocycles. The number of carbonyl (C=O) groups is 1. The van der Waals surface area contributed by atoms with Gasteiger partial charge in [-0.3, -0.25) is 4.79 Å². The zero-order valence-electron chi connectivity index (χ0n) is 12.8. The average Bonchev–Trinajstić information content (AvgIpc) is 2.45. The van der Waals surface area contributed by atoms with Gasteiger partial charge in [0.1, 0.15) is 11.5 Å². The van der Waals surface area contributed by atoms with Crippen molar-refractivity contribution >= 4 is 5.91 Å². The fourth-order valence-corrected chi connectivity index (χ4v) is 2.00. The minimum Gasteiger partial charge on any atom is -0.497 e. The molecule has 0 bridgehead atoms. The van der Waals surface area contributed by atoms with E-state index in [1.807, 2.05) is 32.0 Å². The van der Waals surface area contributed by atoms with Gasteiger partial charge in [0.2, 0.25) is 0 Å². The van der Waals surface area contributed by atoms with Gasteiger partial charge in [-0.25, -0.2) is 0 Å². The van der Waals surface area contributed by atoms with Gasteiger partial charge in [0.05, 0.1) is 7.11 Å². The molecule has 0 radical (unpaired) electrons. The quantitative estimate of drug-likeness (QED) is 0.795. The smallest absolute Gasteiger partial charge is 0.261 e. The molecule has 4 heteroatoms. The van der Waals surface area contributed by atoms with E-state index in [1.54, 1.807) is 13.2 Å². The molecule has 0 heterocycles. The first-order chi connectivity index (χ1) is 9.60. The Hall–Kier alpha value is -1.71. The summed E-state index contributed by atoms with van der Waals surface area (Å²) in [4.78, 5) is 12.2. The fourth-order valence-electron chi connectivity index (χ4n) is 2.00. The summed E-state index contributed by atoms with van der Waals surface area (Å²) in [6.07, 6.45) is 2.18. The maximum absolute atomic E-state index is 12.2. The Morgan fingerprint density at radius 1 is 1.30 bits per heavy atom. The van der Waals surface area contributed by atoms with Crippen LogP contribution in [0.1, 0.15) is 40.0 Å². The third-order valence-corrected chi connectivity index (χ3v) is 3.09. The molecule has 1 N–H and O–H groups in total. The SMILES string of the molecule is CCC[C@@H](C)NC(=O)[C@H](CC)Oc1cccc(OC)c1. The zero-order valence-corrected chi connectivity index (χ0v) is 12.8. The number of ether oxygens (including phenoxy) is 2. The van der Waals surface area contributed by atoms with E-state index in [0.29, 0.717) is 12.2 Å². The Morgan fingerprint density at radius 3 is 2.60 bits per heavy atom. The van der Waals surface area contributed by atoms with Gasteiger partial charge in [-0.1, -0.05) is 26.3 Å². The predicted octanol–water partition coefficient (Wildman–Crippen LogP) is 3.16. The van der Waals surface area contributed by atoms with Crippen LogP contribution >= 0.6 is 0 Å². The molecule has 0 aromatic heterocycles. The summed E-state index contributed by atoms with van der Waals surface area (Å²) < 4.78 is 10.9. The van der Waals surface area contributed by atoms with E-state index in [-0.39, 0.29) is 11.9 Å². The lowest BCUT2D eigenvalue weighted by molar-refractivity contribution is -0.128. The molecule has 0 unspecified atom stereocenters. The molecule has 20 heavy (non-hydrogen) atoms. The van der Waals surface area contributed by atoms with Gasteiger partial charge in [0.25, 0.3) is 5.91 Å². The molecule has 0 fully saturated rings. The van der Waals surface area contributed by atoms with Crippen molar-refractivity contribution in [3.63, 3.8) is 0 Å². The summed E-state index contributed by atoms with van der Waals surface area (Å²) >= 11 is 0. The molecule has 1 amide bonds.